The lowest BCUT2D eigenvalue weighted by Gasteiger charge is -2.13. The fourth-order valence-electron chi connectivity index (χ4n) is 1.66. The monoisotopic (exact) mass is 345 g/mol. The van der Waals surface area contributed by atoms with E-state index in [2.05, 4.69) is 40.3 Å². The smallest absolute Gasteiger partial charge is 0.133 e. The number of methoxy groups -OCH3 is 1. The molecule has 0 aromatic heterocycles. The zero-order valence-electron chi connectivity index (χ0n) is 12.4. The molecule has 4 nitrogen and oxygen atoms in total. The lowest BCUT2D eigenvalue weighted by atomic mass is 10.1. The molecule has 5 heteroatoms. The molecule has 1 atom stereocenters. The van der Waals surface area contributed by atoms with Gasteiger partial charge in [0.1, 0.15) is 5.75 Å². The van der Waals surface area contributed by atoms with Crippen molar-refractivity contribution in [2.45, 2.75) is 19.4 Å². The molecule has 1 unspecified atom stereocenters. The highest BCUT2D eigenvalue weighted by Crippen LogP contribution is 2.28. The minimum atomic E-state index is 0.328. The maximum absolute atomic E-state index is 5.73. The van der Waals surface area contributed by atoms with Crippen LogP contribution in [-0.4, -0.2) is 40.6 Å². The van der Waals surface area contributed by atoms with E-state index in [0.29, 0.717) is 32.5 Å². The van der Waals surface area contributed by atoms with Gasteiger partial charge in [0.05, 0.1) is 24.3 Å². The second-order valence-corrected chi connectivity index (χ2v) is 5.36. The fourth-order valence-corrected chi connectivity index (χ4v) is 2.17. The second kappa shape index (κ2) is 10.2. The third-order valence-electron chi connectivity index (χ3n) is 3.01. The largest absolute Gasteiger partial charge is 0.492 e. The standard InChI is InChI=1S/C15H24BrNO3/c1-12(17-2)13-5-6-15(14(16)11-13)20-8-4-7-19-10-9-18-3/h5-6,11-12,17H,4,7-10H2,1-3H3. The van der Waals surface area contributed by atoms with Crippen LogP contribution in [0.5, 0.6) is 5.75 Å². The molecule has 0 aliphatic heterocycles. The van der Waals surface area contributed by atoms with Gasteiger partial charge in [-0.2, -0.15) is 0 Å². The van der Waals surface area contributed by atoms with Crippen molar-refractivity contribution < 1.29 is 14.2 Å². The molecule has 0 aliphatic rings. The number of hydrogen-bond donors (Lipinski definition) is 1. The minimum Gasteiger partial charge on any atom is -0.492 e. The number of benzene rings is 1. The van der Waals surface area contributed by atoms with E-state index in [1.54, 1.807) is 7.11 Å². The number of ether oxygens (including phenoxy) is 3. The Morgan fingerprint density at radius 2 is 2.00 bits per heavy atom. The highest BCUT2D eigenvalue weighted by molar-refractivity contribution is 9.10. The molecule has 0 heterocycles. The SMILES string of the molecule is CNC(C)c1ccc(OCCCOCCOC)c(Br)c1. The van der Waals surface area contributed by atoms with Gasteiger partial charge in [0, 0.05) is 26.2 Å². The molecule has 1 aromatic rings. The summed E-state index contributed by atoms with van der Waals surface area (Å²) in [6, 6.07) is 6.50. The molecule has 114 valence electrons. The van der Waals surface area contributed by atoms with E-state index in [0.717, 1.165) is 16.6 Å². The highest BCUT2D eigenvalue weighted by Gasteiger charge is 2.06. The van der Waals surface area contributed by atoms with E-state index in [1.807, 2.05) is 13.1 Å². The van der Waals surface area contributed by atoms with Crippen molar-refractivity contribution in [1.82, 2.24) is 5.32 Å². The van der Waals surface area contributed by atoms with Crippen molar-refractivity contribution in [1.29, 1.82) is 0 Å². The van der Waals surface area contributed by atoms with Gasteiger partial charge in [0.25, 0.3) is 0 Å². The topological polar surface area (TPSA) is 39.7 Å². The van der Waals surface area contributed by atoms with Crippen LogP contribution < -0.4 is 10.1 Å². The Labute approximate surface area is 129 Å². The van der Waals surface area contributed by atoms with Gasteiger partial charge >= 0.3 is 0 Å². The molecular weight excluding hydrogens is 322 g/mol. The summed E-state index contributed by atoms with van der Waals surface area (Å²) in [5.74, 6) is 0.869. The molecule has 1 N–H and O–H groups in total. The zero-order valence-corrected chi connectivity index (χ0v) is 14.0. The Morgan fingerprint density at radius 1 is 1.20 bits per heavy atom. The highest BCUT2D eigenvalue weighted by atomic mass is 79.9. The minimum absolute atomic E-state index is 0.328. The van der Waals surface area contributed by atoms with Crippen molar-refractivity contribution in [3.8, 4) is 5.75 Å². The van der Waals surface area contributed by atoms with Crippen LogP contribution in [0.15, 0.2) is 22.7 Å². The summed E-state index contributed by atoms with van der Waals surface area (Å²) in [7, 11) is 3.62. The lowest BCUT2D eigenvalue weighted by Crippen LogP contribution is -2.12. The summed E-state index contributed by atoms with van der Waals surface area (Å²) in [4.78, 5) is 0. The number of halogens is 1. The van der Waals surface area contributed by atoms with Crippen LogP contribution in [0.1, 0.15) is 24.9 Å². The van der Waals surface area contributed by atoms with Crippen LogP contribution in [0, 0.1) is 0 Å². The molecule has 0 fully saturated rings. The third kappa shape index (κ3) is 6.22. The van der Waals surface area contributed by atoms with Gasteiger partial charge < -0.3 is 19.5 Å². The van der Waals surface area contributed by atoms with E-state index in [9.17, 15) is 0 Å². The fraction of sp³-hybridized carbons (Fsp3) is 0.600. The first-order valence-corrected chi connectivity index (χ1v) is 7.64. The summed E-state index contributed by atoms with van der Waals surface area (Å²) in [6.45, 7) is 4.73. The van der Waals surface area contributed by atoms with E-state index >= 15 is 0 Å². The van der Waals surface area contributed by atoms with E-state index in [4.69, 9.17) is 14.2 Å². The number of hydrogen-bond acceptors (Lipinski definition) is 4. The molecule has 0 bridgehead atoms. The maximum Gasteiger partial charge on any atom is 0.133 e. The molecule has 0 radical (unpaired) electrons. The summed E-state index contributed by atoms with van der Waals surface area (Å²) < 4.78 is 17.0. The van der Waals surface area contributed by atoms with Gasteiger partial charge in [-0.1, -0.05) is 6.07 Å². The molecule has 0 amide bonds. The Balaban J connectivity index is 2.30. The van der Waals surface area contributed by atoms with Crippen LogP contribution in [0.2, 0.25) is 0 Å². The predicted molar refractivity (Wildman–Crippen MR) is 84.4 cm³/mol. The van der Waals surface area contributed by atoms with Gasteiger partial charge in [-0.3, -0.25) is 0 Å². The molecule has 1 rings (SSSR count). The summed E-state index contributed by atoms with van der Waals surface area (Å²) in [5, 5.41) is 3.22. The quantitative estimate of drug-likeness (QED) is 0.661. The zero-order chi connectivity index (χ0) is 14.8. The molecule has 0 aliphatic carbocycles. The van der Waals surface area contributed by atoms with Gasteiger partial charge in [0.15, 0.2) is 0 Å². The number of rotatable bonds is 10. The predicted octanol–water partition coefficient (Wildman–Crippen LogP) is 3.16. The summed E-state index contributed by atoms with van der Waals surface area (Å²) in [6.07, 6.45) is 0.866. The molecule has 0 spiro atoms. The van der Waals surface area contributed by atoms with E-state index in [-0.39, 0.29) is 0 Å². The van der Waals surface area contributed by atoms with E-state index in [1.165, 1.54) is 5.56 Å². The van der Waals surface area contributed by atoms with E-state index < -0.39 is 0 Å². The van der Waals surface area contributed by atoms with Crippen LogP contribution >= 0.6 is 15.9 Å². The first-order valence-electron chi connectivity index (χ1n) is 6.85. The molecule has 1 aromatic carbocycles. The maximum atomic E-state index is 5.73. The van der Waals surface area contributed by atoms with Crippen LogP contribution in [-0.2, 0) is 9.47 Å². The van der Waals surface area contributed by atoms with Gasteiger partial charge in [-0.05, 0) is 47.6 Å². The van der Waals surface area contributed by atoms with Crippen molar-refractivity contribution in [3.05, 3.63) is 28.2 Å². The van der Waals surface area contributed by atoms with Crippen molar-refractivity contribution in [3.63, 3.8) is 0 Å². The Bertz CT molecular complexity index is 387. The normalized spacial score (nSPS) is 12.4. The molecule has 0 saturated carbocycles. The van der Waals surface area contributed by atoms with Gasteiger partial charge in [0.2, 0.25) is 0 Å². The van der Waals surface area contributed by atoms with Crippen molar-refractivity contribution in [2.24, 2.45) is 0 Å². The third-order valence-corrected chi connectivity index (χ3v) is 3.63. The van der Waals surface area contributed by atoms with Crippen molar-refractivity contribution >= 4 is 15.9 Å². The van der Waals surface area contributed by atoms with Crippen LogP contribution in [0.3, 0.4) is 0 Å². The van der Waals surface area contributed by atoms with Crippen molar-refractivity contribution in [2.75, 3.05) is 40.6 Å². The van der Waals surface area contributed by atoms with Gasteiger partial charge in [-0.25, -0.2) is 0 Å². The first-order chi connectivity index (χ1) is 9.69. The average Bonchev–Trinajstić information content (AvgIpc) is 2.46. The van der Waals surface area contributed by atoms with Crippen LogP contribution in [0.4, 0.5) is 0 Å². The Kier molecular flexibility index (Phi) is 8.85. The van der Waals surface area contributed by atoms with Gasteiger partial charge in [-0.15, -0.1) is 0 Å². The first kappa shape index (κ1) is 17.4. The molecular formula is C15H24BrNO3. The summed E-state index contributed by atoms with van der Waals surface area (Å²) >= 11 is 3.55. The average molecular weight is 346 g/mol. The van der Waals surface area contributed by atoms with Crippen LogP contribution in [0.25, 0.3) is 0 Å². The lowest BCUT2D eigenvalue weighted by molar-refractivity contribution is 0.0644. The Morgan fingerprint density at radius 3 is 2.65 bits per heavy atom. The Hall–Kier alpha value is -0.620. The second-order valence-electron chi connectivity index (χ2n) is 4.51. The summed E-state index contributed by atoms with van der Waals surface area (Å²) in [5.41, 5.74) is 1.23. The molecule has 20 heavy (non-hydrogen) atoms. The number of nitrogens with one attached hydrogen (secondary N) is 1. The molecule has 0 saturated heterocycles.